The minimum Gasteiger partial charge on any atom is -0.452 e. The zero-order chi connectivity index (χ0) is 17.8. The number of esters is 1. The predicted molar refractivity (Wildman–Crippen MR) is 92.2 cm³/mol. The van der Waals surface area contributed by atoms with Crippen molar-refractivity contribution in [3.63, 3.8) is 0 Å². The van der Waals surface area contributed by atoms with Crippen LogP contribution in [0.1, 0.15) is 41.6 Å². The van der Waals surface area contributed by atoms with Crippen LogP contribution in [0.2, 0.25) is 5.15 Å². The minimum absolute atomic E-state index is 0.0870. The van der Waals surface area contributed by atoms with Crippen LogP contribution in [0.4, 0.5) is 0 Å². The van der Waals surface area contributed by atoms with Gasteiger partial charge in [0.15, 0.2) is 6.61 Å². The molecule has 0 unspecified atom stereocenters. The van der Waals surface area contributed by atoms with Crippen molar-refractivity contribution in [1.82, 2.24) is 15.1 Å². The van der Waals surface area contributed by atoms with Crippen molar-refractivity contribution in [1.29, 1.82) is 0 Å². The zero-order valence-corrected chi connectivity index (χ0v) is 14.5. The SMILES string of the molecule is CC(C)c1ccc(-c2noc(COC(=O)c3cccnc3Cl)n2)cc1. The number of aromatic nitrogens is 3. The molecule has 2 aromatic heterocycles. The molecule has 0 aliphatic heterocycles. The lowest BCUT2D eigenvalue weighted by molar-refractivity contribution is 0.0429. The fourth-order valence-corrected chi connectivity index (χ4v) is 2.39. The van der Waals surface area contributed by atoms with Gasteiger partial charge in [0.1, 0.15) is 5.15 Å². The molecule has 3 rings (SSSR count). The standard InChI is InChI=1S/C18H16ClN3O3/c1-11(2)12-5-7-13(8-6-12)17-21-15(25-22-17)10-24-18(23)14-4-3-9-20-16(14)19/h3-9,11H,10H2,1-2H3. The van der Waals surface area contributed by atoms with Gasteiger partial charge in [0.2, 0.25) is 5.82 Å². The fourth-order valence-electron chi connectivity index (χ4n) is 2.19. The lowest BCUT2D eigenvalue weighted by Crippen LogP contribution is -2.06. The molecule has 7 heteroatoms. The second kappa shape index (κ2) is 7.44. The quantitative estimate of drug-likeness (QED) is 0.501. The molecule has 0 saturated heterocycles. The summed E-state index contributed by atoms with van der Waals surface area (Å²) in [5, 5.41) is 4.00. The van der Waals surface area contributed by atoms with E-state index in [1.54, 1.807) is 6.07 Å². The molecule has 128 valence electrons. The Morgan fingerprint density at radius 2 is 2.00 bits per heavy atom. The highest BCUT2D eigenvalue weighted by Gasteiger charge is 2.15. The van der Waals surface area contributed by atoms with E-state index in [0.29, 0.717) is 11.7 Å². The first-order chi connectivity index (χ1) is 12.0. The van der Waals surface area contributed by atoms with Crippen LogP contribution in [0.25, 0.3) is 11.4 Å². The Hall–Kier alpha value is -2.73. The summed E-state index contributed by atoms with van der Waals surface area (Å²) in [6, 6.07) is 11.1. The number of hydrogen-bond donors (Lipinski definition) is 0. The number of rotatable bonds is 5. The molecule has 0 amide bonds. The van der Waals surface area contributed by atoms with Crippen LogP contribution in [0.5, 0.6) is 0 Å². The summed E-state index contributed by atoms with van der Waals surface area (Å²) in [5.74, 6) is 0.504. The summed E-state index contributed by atoms with van der Waals surface area (Å²) < 4.78 is 10.3. The van der Waals surface area contributed by atoms with E-state index in [0.717, 1.165) is 5.56 Å². The number of hydrogen-bond acceptors (Lipinski definition) is 6. The third-order valence-electron chi connectivity index (χ3n) is 3.61. The van der Waals surface area contributed by atoms with Crippen molar-refractivity contribution in [2.24, 2.45) is 0 Å². The van der Waals surface area contributed by atoms with Gasteiger partial charge in [-0.25, -0.2) is 9.78 Å². The van der Waals surface area contributed by atoms with Crippen molar-refractivity contribution in [3.05, 3.63) is 64.8 Å². The van der Waals surface area contributed by atoms with Gasteiger partial charge in [0, 0.05) is 11.8 Å². The van der Waals surface area contributed by atoms with Crippen LogP contribution in [0.15, 0.2) is 47.1 Å². The first kappa shape index (κ1) is 17.1. The van der Waals surface area contributed by atoms with Crippen molar-refractivity contribution >= 4 is 17.6 Å². The van der Waals surface area contributed by atoms with Crippen molar-refractivity contribution in [2.45, 2.75) is 26.4 Å². The summed E-state index contributed by atoms with van der Waals surface area (Å²) in [6.45, 7) is 4.12. The lowest BCUT2D eigenvalue weighted by atomic mass is 10.0. The fraction of sp³-hybridized carbons (Fsp3) is 0.222. The van der Waals surface area contributed by atoms with Gasteiger partial charge in [-0.3, -0.25) is 0 Å². The number of ether oxygens (including phenoxy) is 1. The number of carbonyl (C=O) groups excluding carboxylic acids is 1. The van der Waals surface area contributed by atoms with Crippen molar-refractivity contribution < 1.29 is 14.1 Å². The van der Waals surface area contributed by atoms with Gasteiger partial charge in [-0.05, 0) is 23.6 Å². The number of halogens is 1. The van der Waals surface area contributed by atoms with E-state index >= 15 is 0 Å². The highest BCUT2D eigenvalue weighted by atomic mass is 35.5. The summed E-state index contributed by atoms with van der Waals surface area (Å²) in [6.07, 6.45) is 1.49. The molecule has 0 bridgehead atoms. The van der Waals surface area contributed by atoms with Gasteiger partial charge < -0.3 is 9.26 Å². The van der Waals surface area contributed by atoms with Crippen LogP contribution < -0.4 is 0 Å². The van der Waals surface area contributed by atoms with Gasteiger partial charge >= 0.3 is 5.97 Å². The second-order valence-corrected chi connectivity index (χ2v) is 6.06. The van der Waals surface area contributed by atoms with E-state index in [2.05, 4.69) is 29.0 Å². The first-order valence-electron chi connectivity index (χ1n) is 7.75. The Morgan fingerprint density at radius 3 is 2.68 bits per heavy atom. The highest BCUT2D eigenvalue weighted by Crippen LogP contribution is 2.21. The average Bonchev–Trinajstić information content (AvgIpc) is 3.09. The monoisotopic (exact) mass is 357 g/mol. The van der Waals surface area contributed by atoms with Crippen LogP contribution >= 0.6 is 11.6 Å². The van der Waals surface area contributed by atoms with Gasteiger partial charge in [-0.15, -0.1) is 0 Å². The number of benzene rings is 1. The molecule has 6 nitrogen and oxygen atoms in total. The topological polar surface area (TPSA) is 78.1 Å². The lowest BCUT2D eigenvalue weighted by Gasteiger charge is -2.04. The Balaban J connectivity index is 1.66. The molecule has 1 aromatic carbocycles. The van der Waals surface area contributed by atoms with Gasteiger partial charge in [0.05, 0.1) is 5.56 Å². The van der Waals surface area contributed by atoms with E-state index in [4.69, 9.17) is 20.9 Å². The number of carbonyl (C=O) groups is 1. The molecule has 0 aliphatic rings. The van der Waals surface area contributed by atoms with Crippen LogP contribution in [-0.4, -0.2) is 21.1 Å². The maximum absolute atomic E-state index is 12.0. The third-order valence-corrected chi connectivity index (χ3v) is 3.91. The van der Waals surface area contributed by atoms with Gasteiger partial charge in [-0.2, -0.15) is 4.98 Å². The maximum atomic E-state index is 12.0. The maximum Gasteiger partial charge on any atom is 0.341 e. The van der Waals surface area contributed by atoms with E-state index in [9.17, 15) is 4.79 Å². The molecule has 0 N–H and O–H groups in total. The molecule has 3 aromatic rings. The Morgan fingerprint density at radius 1 is 1.24 bits per heavy atom. The third kappa shape index (κ3) is 4.03. The van der Waals surface area contributed by atoms with Crippen LogP contribution in [-0.2, 0) is 11.3 Å². The largest absolute Gasteiger partial charge is 0.452 e. The van der Waals surface area contributed by atoms with E-state index in [1.807, 2.05) is 24.3 Å². The summed E-state index contributed by atoms with van der Waals surface area (Å²) >= 11 is 5.86. The predicted octanol–water partition coefficient (Wildman–Crippen LogP) is 4.27. The number of nitrogens with zero attached hydrogens (tertiary/aromatic N) is 3. The molecule has 25 heavy (non-hydrogen) atoms. The van der Waals surface area contributed by atoms with Gasteiger partial charge in [0.25, 0.3) is 5.89 Å². The zero-order valence-electron chi connectivity index (χ0n) is 13.8. The summed E-state index contributed by atoms with van der Waals surface area (Å²) in [5.41, 5.74) is 2.25. The molecule has 0 radical (unpaired) electrons. The van der Waals surface area contributed by atoms with Crippen molar-refractivity contribution in [2.75, 3.05) is 0 Å². The van der Waals surface area contributed by atoms with E-state index in [1.165, 1.54) is 17.8 Å². The smallest absolute Gasteiger partial charge is 0.341 e. The molecule has 2 heterocycles. The molecule has 0 atom stereocenters. The van der Waals surface area contributed by atoms with E-state index < -0.39 is 5.97 Å². The second-order valence-electron chi connectivity index (χ2n) is 5.71. The molecule has 0 saturated carbocycles. The summed E-state index contributed by atoms with van der Waals surface area (Å²) in [4.78, 5) is 20.1. The Kier molecular flexibility index (Phi) is 5.09. The molecule has 0 fully saturated rings. The first-order valence-corrected chi connectivity index (χ1v) is 8.13. The van der Waals surface area contributed by atoms with Crippen LogP contribution in [0.3, 0.4) is 0 Å². The molecular weight excluding hydrogens is 342 g/mol. The normalized spacial score (nSPS) is 10.9. The summed E-state index contributed by atoms with van der Waals surface area (Å²) in [7, 11) is 0. The molecule has 0 aliphatic carbocycles. The molecule has 0 spiro atoms. The Labute approximate surface area is 149 Å². The van der Waals surface area contributed by atoms with Gasteiger partial charge in [-0.1, -0.05) is 54.9 Å². The minimum atomic E-state index is -0.598. The van der Waals surface area contributed by atoms with E-state index in [-0.39, 0.29) is 23.2 Å². The average molecular weight is 358 g/mol. The van der Waals surface area contributed by atoms with Crippen LogP contribution in [0, 0.1) is 0 Å². The number of pyridine rings is 1. The Bertz CT molecular complexity index is 875. The molecular formula is C18H16ClN3O3. The van der Waals surface area contributed by atoms with Crippen molar-refractivity contribution in [3.8, 4) is 11.4 Å². The highest BCUT2D eigenvalue weighted by molar-refractivity contribution is 6.32.